The maximum atomic E-state index is 6.19. The zero-order chi connectivity index (χ0) is 66.8. The summed E-state index contributed by atoms with van der Waals surface area (Å²) in [5.74, 6) is 2.61. The van der Waals surface area contributed by atoms with Crippen LogP contribution in [-0.4, -0.2) is 64.8 Å². The van der Waals surface area contributed by atoms with Crippen LogP contribution in [-0.2, 0) is 0 Å². The molecule has 528 valence electrons. The van der Waals surface area contributed by atoms with Crippen LogP contribution in [0.3, 0.4) is 0 Å². The molecule has 0 spiro atoms. The van der Waals surface area contributed by atoms with E-state index in [1.54, 1.807) is 0 Å². The molecule has 4 aromatic carbocycles. The molecule has 0 unspecified atom stereocenters. The molecule has 0 fully saturated rings. The molecule has 7 aromatic rings. The lowest BCUT2D eigenvalue weighted by Gasteiger charge is -2.08. The third kappa shape index (κ3) is 31.9. The molecule has 0 atom stereocenters. The highest BCUT2D eigenvalue weighted by atomic mass is 16.5. The molecule has 0 N–H and O–H groups in total. The molecule has 0 saturated carbocycles. The van der Waals surface area contributed by atoms with Crippen molar-refractivity contribution >= 4 is 0 Å². The SMILES string of the molecule is CCCCCCCCCCCCCCCCCCOc1ccc(-n2cc(-c3cc(-c4cn(-c5ccc(OCCCCCCCCCCCCCCCCCC)cc5)nn4)cc(-c4cn(-c5ccc(OCCCCCCCCCCCCCCCCCC)cc5)nn4)c3)nn2)cc1. The molecule has 0 aliphatic carbocycles. The van der Waals surface area contributed by atoms with Gasteiger partial charge in [0.1, 0.15) is 34.3 Å². The van der Waals surface area contributed by atoms with E-state index in [0.29, 0.717) is 17.1 Å². The fourth-order valence-corrected chi connectivity index (χ4v) is 13.2. The first-order valence-corrected chi connectivity index (χ1v) is 39.7. The van der Waals surface area contributed by atoms with E-state index in [9.17, 15) is 0 Å². The first-order chi connectivity index (χ1) is 47.6. The fraction of sp³-hybridized carbons (Fsp3) is 0.643. The van der Waals surface area contributed by atoms with Gasteiger partial charge < -0.3 is 14.2 Å². The Bertz CT molecular complexity index is 2650. The number of aromatic nitrogens is 9. The molecule has 12 heteroatoms. The lowest BCUT2D eigenvalue weighted by Crippen LogP contribution is -1.99. The summed E-state index contributed by atoms with van der Waals surface area (Å²) in [7, 11) is 0. The van der Waals surface area contributed by atoms with Gasteiger partial charge in [0.05, 0.1) is 55.5 Å². The minimum Gasteiger partial charge on any atom is -0.494 e. The van der Waals surface area contributed by atoms with Gasteiger partial charge >= 0.3 is 0 Å². The molecule has 96 heavy (non-hydrogen) atoms. The normalized spacial score (nSPS) is 11.5. The highest BCUT2D eigenvalue weighted by molar-refractivity contribution is 5.77. The average molecular weight is 1310 g/mol. The molecular weight excluding hydrogens is 1180 g/mol. The Morgan fingerprint density at radius 2 is 0.406 bits per heavy atom. The van der Waals surface area contributed by atoms with Gasteiger partial charge in [0.2, 0.25) is 0 Å². The second kappa shape index (κ2) is 50.1. The molecule has 0 aliphatic heterocycles. The van der Waals surface area contributed by atoms with Crippen molar-refractivity contribution in [2.45, 2.75) is 329 Å². The van der Waals surface area contributed by atoms with E-state index >= 15 is 0 Å². The lowest BCUT2D eigenvalue weighted by molar-refractivity contribution is 0.304. The van der Waals surface area contributed by atoms with Gasteiger partial charge in [-0.1, -0.05) is 325 Å². The second-order valence-corrected chi connectivity index (χ2v) is 27.9. The Kier molecular flexibility index (Phi) is 40.2. The first-order valence-electron chi connectivity index (χ1n) is 39.7. The van der Waals surface area contributed by atoms with Crippen molar-refractivity contribution in [3.63, 3.8) is 0 Å². The summed E-state index contributed by atoms with van der Waals surface area (Å²) >= 11 is 0. The van der Waals surface area contributed by atoms with Gasteiger partial charge in [0, 0.05) is 16.7 Å². The Morgan fingerprint density at radius 3 is 0.594 bits per heavy atom. The molecule has 0 saturated heterocycles. The minimum atomic E-state index is 0.715. The predicted molar refractivity (Wildman–Crippen MR) is 403 cm³/mol. The number of benzene rings is 4. The summed E-state index contributed by atoms with van der Waals surface area (Å²) in [5.41, 5.74) is 7.46. The first kappa shape index (κ1) is 77.1. The summed E-state index contributed by atoms with van der Waals surface area (Å²) in [6.07, 6.45) is 71.2. The van der Waals surface area contributed by atoms with Gasteiger partial charge in [-0.05, 0) is 110 Å². The number of rotatable bonds is 60. The van der Waals surface area contributed by atoms with E-state index in [4.69, 9.17) is 29.5 Å². The summed E-state index contributed by atoms with van der Waals surface area (Å²) in [6, 6.07) is 30.7. The second-order valence-electron chi connectivity index (χ2n) is 27.9. The van der Waals surface area contributed by atoms with E-state index in [2.05, 4.69) is 54.6 Å². The van der Waals surface area contributed by atoms with Crippen LogP contribution >= 0.6 is 0 Å². The minimum absolute atomic E-state index is 0.715. The molecule has 0 radical (unpaired) electrons. The molecular formula is C84H129N9O3. The van der Waals surface area contributed by atoms with Gasteiger partial charge in [-0.15, -0.1) is 15.3 Å². The van der Waals surface area contributed by atoms with Crippen LogP contribution in [0.2, 0.25) is 0 Å². The van der Waals surface area contributed by atoms with Crippen molar-refractivity contribution in [2.24, 2.45) is 0 Å². The number of unbranched alkanes of at least 4 members (excludes halogenated alkanes) is 45. The predicted octanol–water partition coefficient (Wildman–Crippen LogP) is 25.4. The summed E-state index contributed by atoms with van der Waals surface area (Å²) in [6.45, 7) is 9.07. The third-order valence-corrected chi connectivity index (χ3v) is 19.4. The van der Waals surface area contributed by atoms with Crippen LogP contribution in [0.15, 0.2) is 110 Å². The van der Waals surface area contributed by atoms with E-state index in [1.807, 2.05) is 105 Å². The van der Waals surface area contributed by atoms with Crippen molar-refractivity contribution in [2.75, 3.05) is 19.8 Å². The zero-order valence-corrected chi connectivity index (χ0v) is 60.7. The van der Waals surface area contributed by atoms with Crippen LogP contribution in [0.1, 0.15) is 329 Å². The van der Waals surface area contributed by atoms with Gasteiger partial charge in [-0.25, -0.2) is 14.0 Å². The molecule has 3 heterocycles. The Hall–Kier alpha value is -6.30. The number of hydrogen-bond donors (Lipinski definition) is 0. The van der Waals surface area contributed by atoms with Crippen molar-refractivity contribution in [3.8, 4) is 68.1 Å². The smallest absolute Gasteiger partial charge is 0.119 e. The maximum Gasteiger partial charge on any atom is 0.119 e. The van der Waals surface area contributed by atoms with Crippen LogP contribution < -0.4 is 14.2 Å². The van der Waals surface area contributed by atoms with Gasteiger partial charge in [-0.3, -0.25) is 0 Å². The van der Waals surface area contributed by atoms with Gasteiger partial charge in [-0.2, -0.15) is 0 Å². The quantitative estimate of drug-likeness (QED) is 0.0343. The van der Waals surface area contributed by atoms with Crippen molar-refractivity contribution in [1.29, 1.82) is 0 Å². The van der Waals surface area contributed by atoms with Crippen LogP contribution in [0.5, 0.6) is 17.2 Å². The standard InChI is InChI=1S/C84H129N9O3/c1-4-7-10-13-16-19-22-25-28-31-34-37-40-43-46-49-64-94-79-58-52-76(53-59-79)91-70-82(85-88-91)73-67-74(83-71-92(89-86-83)77-54-60-80(61-55-77)95-65-50-47-44-41-38-35-32-29-26-23-20-17-14-11-8-5-2)69-75(68-73)84-72-93(90-87-84)78-56-62-81(63-57-78)96-66-51-48-45-42-39-36-33-30-27-24-21-18-15-12-9-6-3/h52-63,67-72H,4-51,64-66H2,1-3H3. The highest BCUT2D eigenvalue weighted by Gasteiger charge is 2.16. The summed E-state index contributed by atoms with van der Waals surface area (Å²) in [5, 5.41) is 28.0. The fourth-order valence-electron chi connectivity index (χ4n) is 13.2. The van der Waals surface area contributed by atoms with Crippen LogP contribution in [0.4, 0.5) is 0 Å². The van der Waals surface area contributed by atoms with Crippen LogP contribution in [0.25, 0.3) is 50.8 Å². The van der Waals surface area contributed by atoms with E-state index in [0.717, 1.165) is 90.1 Å². The summed E-state index contributed by atoms with van der Waals surface area (Å²) < 4.78 is 24.0. The van der Waals surface area contributed by atoms with Gasteiger partial charge in [0.15, 0.2) is 0 Å². The van der Waals surface area contributed by atoms with Crippen molar-refractivity contribution in [1.82, 2.24) is 45.0 Å². The number of hydrogen-bond acceptors (Lipinski definition) is 9. The third-order valence-electron chi connectivity index (χ3n) is 19.4. The highest BCUT2D eigenvalue weighted by Crippen LogP contribution is 2.33. The Labute approximate surface area is 582 Å². The van der Waals surface area contributed by atoms with Crippen molar-refractivity contribution < 1.29 is 14.2 Å². The Balaban J connectivity index is 0.877. The Morgan fingerprint density at radius 1 is 0.229 bits per heavy atom. The molecule has 12 nitrogen and oxygen atoms in total. The molecule has 0 amide bonds. The lowest BCUT2D eigenvalue weighted by atomic mass is 10.0. The molecule has 7 rings (SSSR count). The van der Waals surface area contributed by atoms with E-state index in [1.165, 1.54) is 289 Å². The number of nitrogens with zero attached hydrogens (tertiary/aromatic N) is 9. The topological polar surface area (TPSA) is 120 Å². The molecule has 0 aliphatic rings. The monoisotopic (exact) mass is 1310 g/mol. The maximum absolute atomic E-state index is 6.19. The summed E-state index contributed by atoms with van der Waals surface area (Å²) in [4.78, 5) is 0. The van der Waals surface area contributed by atoms with Crippen molar-refractivity contribution in [3.05, 3.63) is 110 Å². The average Bonchev–Trinajstić information content (AvgIpc) is 1.62. The van der Waals surface area contributed by atoms with E-state index < -0.39 is 0 Å². The largest absolute Gasteiger partial charge is 0.494 e. The molecule has 0 bridgehead atoms. The van der Waals surface area contributed by atoms with Gasteiger partial charge in [0.25, 0.3) is 0 Å². The molecule has 3 aromatic heterocycles. The zero-order valence-electron chi connectivity index (χ0n) is 60.7. The van der Waals surface area contributed by atoms with E-state index in [-0.39, 0.29) is 0 Å². The van der Waals surface area contributed by atoms with Crippen LogP contribution in [0, 0.1) is 0 Å². The number of ether oxygens (including phenoxy) is 3.